The summed E-state index contributed by atoms with van der Waals surface area (Å²) in [5.41, 5.74) is 5.09. The number of hydrogen-bond acceptors (Lipinski definition) is 4. The molecule has 1 amide bonds. The van der Waals surface area contributed by atoms with E-state index in [-0.39, 0.29) is 18.9 Å². The quantitative estimate of drug-likeness (QED) is 0.652. The Morgan fingerprint density at radius 1 is 1.29 bits per heavy atom. The molecule has 0 atom stereocenters. The highest BCUT2D eigenvalue weighted by Crippen LogP contribution is 2.29. The minimum Gasteiger partial charge on any atom is -0.479 e. The molecule has 0 saturated carbocycles. The lowest BCUT2D eigenvalue weighted by atomic mass is 9.95. The molecule has 0 aliphatic rings. The van der Waals surface area contributed by atoms with Crippen LogP contribution in [0.4, 0.5) is 0 Å². The summed E-state index contributed by atoms with van der Waals surface area (Å²) in [5.74, 6) is 0.958. The predicted molar refractivity (Wildman–Crippen MR) is 108 cm³/mol. The molecular weight excluding hydrogens is 352 g/mol. The Kier molecular flexibility index (Phi) is 6.00. The van der Waals surface area contributed by atoms with E-state index in [0.717, 1.165) is 22.1 Å². The van der Waals surface area contributed by atoms with E-state index in [0.29, 0.717) is 18.2 Å². The molecule has 28 heavy (non-hydrogen) atoms. The maximum absolute atomic E-state index is 12.4. The zero-order chi connectivity index (χ0) is 20.1. The highest BCUT2D eigenvalue weighted by Gasteiger charge is 2.14. The molecule has 0 spiro atoms. The zero-order valence-corrected chi connectivity index (χ0v) is 16.4. The van der Waals surface area contributed by atoms with Crippen LogP contribution < -0.4 is 10.1 Å². The summed E-state index contributed by atoms with van der Waals surface area (Å²) >= 11 is 0. The molecule has 3 rings (SSSR count). The van der Waals surface area contributed by atoms with E-state index >= 15 is 0 Å². The average molecular weight is 376 g/mol. The van der Waals surface area contributed by atoms with Gasteiger partial charge in [0.15, 0.2) is 6.61 Å². The summed E-state index contributed by atoms with van der Waals surface area (Å²) in [4.78, 5) is 12.4. The molecule has 144 valence electrons. The van der Waals surface area contributed by atoms with E-state index in [1.54, 1.807) is 12.3 Å². The van der Waals surface area contributed by atoms with Crippen molar-refractivity contribution >= 4 is 16.9 Å². The van der Waals surface area contributed by atoms with Gasteiger partial charge in [0.05, 0.1) is 12.7 Å². The van der Waals surface area contributed by atoms with Crippen LogP contribution >= 0.6 is 0 Å². The first-order valence-electron chi connectivity index (χ1n) is 9.34. The van der Waals surface area contributed by atoms with Gasteiger partial charge in [0.25, 0.3) is 0 Å². The van der Waals surface area contributed by atoms with Gasteiger partial charge in [0.2, 0.25) is 5.91 Å². The first-order valence-corrected chi connectivity index (χ1v) is 9.34. The average Bonchev–Trinajstić information content (AvgIpc) is 3.05. The van der Waals surface area contributed by atoms with Crippen molar-refractivity contribution in [2.45, 2.75) is 39.7 Å². The van der Waals surface area contributed by atoms with Crippen molar-refractivity contribution in [3.63, 3.8) is 0 Å². The van der Waals surface area contributed by atoms with Crippen LogP contribution in [0.25, 0.3) is 11.0 Å². The number of furan rings is 1. The Bertz CT molecular complexity index is 1030. The van der Waals surface area contributed by atoms with E-state index < -0.39 is 0 Å². The van der Waals surface area contributed by atoms with Crippen LogP contribution in [-0.2, 0) is 17.8 Å². The number of carbonyl (C=O) groups excluding carboxylic acids is 1. The lowest BCUT2D eigenvalue weighted by molar-refractivity contribution is -0.120. The lowest BCUT2D eigenvalue weighted by Crippen LogP contribution is -2.24. The Morgan fingerprint density at radius 3 is 2.86 bits per heavy atom. The van der Waals surface area contributed by atoms with Gasteiger partial charge < -0.3 is 14.5 Å². The smallest absolute Gasteiger partial charge is 0.224 e. The fourth-order valence-electron chi connectivity index (χ4n) is 3.30. The van der Waals surface area contributed by atoms with E-state index in [4.69, 9.17) is 14.4 Å². The molecule has 5 nitrogen and oxygen atoms in total. The van der Waals surface area contributed by atoms with Gasteiger partial charge in [-0.3, -0.25) is 4.79 Å². The third kappa shape index (κ3) is 4.52. The number of nitriles is 1. The van der Waals surface area contributed by atoms with Crippen molar-refractivity contribution in [1.82, 2.24) is 5.32 Å². The minimum atomic E-state index is -0.0716. The highest BCUT2D eigenvalue weighted by atomic mass is 16.5. The molecule has 0 saturated heterocycles. The summed E-state index contributed by atoms with van der Waals surface area (Å²) in [7, 11) is 0. The molecule has 0 aliphatic carbocycles. The fourth-order valence-corrected chi connectivity index (χ4v) is 3.30. The van der Waals surface area contributed by atoms with Crippen molar-refractivity contribution in [2.24, 2.45) is 0 Å². The number of fused-ring (bicyclic) bond motifs is 1. The molecule has 0 unspecified atom stereocenters. The van der Waals surface area contributed by atoms with Gasteiger partial charge in [-0.15, -0.1) is 0 Å². The molecule has 0 aliphatic heterocycles. The van der Waals surface area contributed by atoms with Crippen molar-refractivity contribution in [2.75, 3.05) is 6.61 Å². The van der Waals surface area contributed by atoms with E-state index in [9.17, 15) is 4.79 Å². The molecular formula is C23H24N2O3. The van der Waals surface area contributed by atoms with Crippen molar-refractivity contribution < 1.29 is 13.9 Å². The topological polar surface area (TPSA) is 75.3 Å². The molecule has 0 radical (unpaired) electrons. The Balaban J connectivity index is 1.67. The van der Waals surface area contributed by atoms with Crippen LogP contribution in [0.1, 0.15) is 42.0 Å². The molecule has 1 heterocycles. The number of nitrogens with zero attached hydrogens (tertiary/aromatic N) is 1. The first-order chi connectivity index (χ1) is 13.5. The van der Waals surface area contributed by atoms with Gasteiger partial charge in [0, 0.05) is 17.5 Å². The fraction of sp³-hybridized carbons (Fsp3) is 0.304. The number of benzene rings is 2. The number of rotatable bonds is 7. The Labute approximate surface area is 164 Å². The van der Waals surface area contributed by atoms with Crippen LogP contribution in [0, 0.1) is 18.3 Å². The maximum Gasteiger partial charge on any atom is 0.224 e. The van der Waals surface area contributed by atoms with Crippen LogP contribution in [0.2, 0.25) is 0 Å². The highest BCUT2D eigenvalue weighted by molar-refractivity contribution is 5.88. The Morgan fingerprint density at radius 2 is 2.11 bits per heavy atom. The molecule has 5 heteroatoms. The van der Waals surface area contributed by atoms with Gasteiger partial charge in [-0.25, -0.2) is 0 Å². The second-order valence-corrected chi connectivity index (χ2v) is 7.17. The van der Waals surface area contributed by atoms with Crippen LogP contribution in [0.5, 0.6) is 5.75 Å². The van der Waals surface area contributed by atoms with Crippen LogP contribution in [0.3, 0.4) is 0 Å². The van der Waals surface area contributed by atoms with Crippen molar-refractivity contribution in [3.05, 3.63) is 64.9 Å². The normalized spacial score (nSPS) is 10.8. The minimum absolute atomic E-state index is 0.00121. The van der Waals surface area contributed by atoms with Gasteiger partial charge in [-0.05, 0) is 53.8 Å². The lowest BCUT2D eigenvalue weighted by Gasteiger charge is -2.10. The summed E-state index contributed by atoms with van der Waals surface area (Å²) in [6.07, 6.45) is 1.93. The third-order valence-electron chi connectivity index (χ3n) is 4.71. The molecule has 2 aromatic carbocycles. The van der Waals surface area contributed by atoms with Crippen molar-refractivity contribution in [1.29, 1.82) is 5.26 Å². The number of ether oxygens (including phenoxy) is 1. The Hall–Kier alpha value is -3.26. The third-order valence-corrected chi connectivity index (χ3v) is 4.71. The number of aryl methyl sites for hydroxylation is 1. The first kappa shape index (κ1) is 19.5. The SMILES string of the molecule is Cc1cc2occ(CC(=O)NCc3cccc(OCC#N)c3)c2cc1C(C)C. The zero-order valence-electron chi connectivity index (χ0n) is 16.4. The number of hydrogen-bond donors (Lipinski definition) is 1. The predicted octanol–water partition coefficient (Wildman–Crippen LogP) is 4.63. The molecule has 0 fully saturated rings. The van der Waals surface area contributed by atoms with Crippen molar-refractivity contribution in [3.8, 4) is 11.8 Å². The van der Waals surface area contributed by atoms with E-state index in [1.807, 2.05) is 30.3 Å². The van der Waals surface area contributed by atoms with Gasteiger partial charge in [-0.2, -0.15) is 5.26 Å². The standard InChI is InChI=1S/C23H24N2O3/c1-15(2)20-12-21-18(14-28-22(21)9-16(20)3)11-23(26)25-13-17-5-4-6-19(10-17)27-8-7-24/h4-6,9-10,12,14-15H,8,11,13H2,1-3H3,(H,25,26). The van der Waals surface area contributed by atoms with Crippen LogP contribution in [0.15, 0.2) is 47.1 Å². The van der Waals surface area contributed by atoms with Crippen LogP contribution in [-0.4, -0.2) is 12.5 Å². The van der Waals surface area contributed by atoms with E-state index in [1.165, 1.54) is 11.1 Å². The summed E-state index contributed by atoms with van der Waals surface area (Å²) in [5, 5.41) is 12.5. The number of amides is 1. The molecule has 1 N–H and O–H groups in total. The van der Waals surface area contributed by atoms with Gasteiger partial charge in [0.1, 0.15) is 17.4 Å². The maximum atomic E-state index is 12.4. The van der Waals surface area contributed by atoms with Gasteiger partial charge >= 0.3 is 0 Å². The molecule has 3 aromatic rings. The second kappa shape index (κ2) is 8.62. The van der Waals surface area contributed by atoms with Gasteiger partial charge in [-0.1, -0.05) is 26.0 Å². The largest absolute Gasteiger partial charge is 0.479 e. The molecule has 0 bridgehead atoms. The molecule has 1 aromatic heterocycles. The summed E-state index contributed by atoms with van der Waals surface area (Å²) < 4.78 is 10.9. The number of nitrogens with one attached hydrogen (secondary N) is 1. The monoisotopic (exact) mass is 376 g/mol. The summed E-state index contributed by atoms with van der Waals surface area (Å²) in [6, 6.07) is 13.5. The summed E-state index contributed by atoms with van der Waals surface area (Å²) in [6.45, 7) is 6.80. The number of carbonyl (C=O) groups is 1. The van der Waals surface area contributed by atoms with E-state index in [2.05, 4.69) is 32.2 Å². The second-order valence-electron chi connectivity index (χ2n) is 7.17.